The summed E-state index contributed by atoms with van der Waals surface area (Å²) in [4.78, 5) is 14.2. The van der Waals surface area contributed by atoms with Gasteiger partial charge in [0.15, 0.2) is 5.96 Å². The number of nitrogens with zero attached hydrogens (tertiary/aromatic N) is 2. The van der Waals surface area contributed by atoms with Gasteiger partial charge in [0.1, 0.15) is 0 Å². The number of rotatable bonds is 6. The van der Waals surface area contributed by atoms with Gasteiger partial charge in [-0.05, 0) is 29.7 Å². The monoisotopic (exact) mass is 380 g/mol. The Balaban J connectivity index is 1.79. The highest BCUT2D eigenvalue weighted by atomic mass is 19.4. The molecule has 0 heterocycles. The third kappa shape index (κ3) is 6.28. The zero-order valence-corrected chi connectivity index (χ0v) is 14.6. The predicted molar refractivity (Wildman–Crippen MR) is 96.4 cm³/mol. The van der Waals surface area contributed by atoms with Gasteiger partial charge in [0, 0.05) is 32.3 Å². The standard InChI is InChI=1S/C18H19F3N4O2/c1-22-17(24-12-14-4-8-16(9-5-14)25(26)27)23-11-10-13-2-6-15(7-3-13)18(19,20)21/h2-9H,10-12H2,1H3,(H2,22,23,24). The lowest BCUT2D eigenvalue weighted by atomic mass is 10.1. The Bertz CT molecular complexity index is 788. The number of guanidine groups is 1. The Hall–Kier alpha value is -3.10. The molecule has 0 bridgehead atoms. The van der Waals surface area contributed by atoms with Crippen LogP contribution in [-0.2, 0) is 19.1 Å². The molecular weight excluding hydrogens is 361 g/mol. The van der Waals surface area contributed by atoms with Crippen molar-refractivity contribution in [3.05, 3.63) is 75.3 Å². The second-order valence-electron chi connectivity index (χ2n) is 5.72. The van der Waals surface area contributed by atoms with Gasteiger partial charge in [-0.15, -0.1) is 0 Å². The highest BCUT2D eigenvalue weighted by Crippen LogP contribution is 2.29. The average molecular weight is 380 g/mol. The normalized spacial score (nSPS) is 11.9. The number of non-ortho nitro benzene ring substituents is 1. The minimum atomic E-state index is -4.33. The van der Waals surface area contributed by atoms with E-state index in [9.17, 15) is 23.3 Å². The highest BCUT2D eigenvalue weighted by Gasteiger charge is 2.29. The number of alkyl halides is 3. The molecule has 2 aromatic rings. The third-order valence-corrected chi connectivity index (χ3v) is 3.82. The first kappa shape index (κ1) is 20.2. The molecule has 9 heteroatoms. The van der Waals surface area contributed by atoms with Crippen molar-refractivity contribution in [2.45, 2.75) is 19.1 Å². The number of nitro benzene ring substituents is 1. The summed E-state index contributed by atoms with van der Waals surface area (Å²) in [5.74, 6) is 0.528. The fourth-order valence-corrected chi connectivity index (χ4v) is 2.33. The van der Waals surface area contributed by atoms with Gasteiger partial charge >= 0.3 is 6.18 Å². The number of hydrogen-bond donors (Lipinski definition) is 2. The van der Waals surface area contributed by atoms with Gasteiger partial charge in [-0.1, -0.05) is 24.3 Å². The molecule has 0 aromatic heterocycles. The second-order valence-corrected chi connectivity index (χ2v) is 5.72. The molecule has 144 valence electrons. The molecule has 2 N–H and O–H groups in total. The molecule has 0 aliphatic heterocycles. The maximum atomic E-state index is 12.5. The van der Waals surface area contributed by atoms with Crippen LogP contribution in [0.15, 0.2) is 53.5 Å². The van der Waals surface area contributed by atoms with Crippen LogP contribution in [0.3, 0.4) is 0 Å². The van der Waals surface area contributed by atoms with Crippen LogP contribution in [0.4, 0.5) is 18.9 Å². The molecule has 6 nitrogen and oxygen atoms in total. The van der Waals surface area contributed by atoms with Crippen LogP contribution in [0.2, 0.25) is 0 Å². The van der Waals surface area contributed by atoms with E-state index in [4.69, 9.17) is 0 Å². The Morgan fingerprint density at radius 3 is 2.15 bits per heavy atom. The van der Waals surface area contributed by atoms with Crippen LogP contribution < -0.4 is 10.6 Å². The van der Waals surface area contributed by atoms with Gasteiger partial charge in [0.2, 0.25) is 0 Å². The maximum absolute atomic E-state index is 12.5. The first-order chi connectivity index (χ1) is 12.8. The summed E-state index contributed by atoms with van der Waals surface area (Å²) < 4.78 is 37.6. The second kappa shape index (κ2) is 9.02. The largest absolute Gasteiger partial charge is 0.416 e. The van der Waals surface area contributed by atoms with E-state index in [1.807, 2.05) is 0 Å². The summed E-state index contributed by atoms with van der Waals surface area (Å²) in [6.45, 7) is 0.920. The number of hydrogen-bond acceptors (Lipinski definition) is 3. The fourth-order valence-electron chi connectivity index (χ4n) is 2.33. The summed E-state index contributed by atoms with van der Waals surface area (Å²) in [5.41, 5.74) is 0.991. The van der Waals surface area contributed by atoms with E-state index in [1.54, 1.807) is 19.2 Å². The fraction of sp³-hybridized carbons (Fsp3) is 0.278. The molecule has 0 saturated carbocycles. The minimum Gasteiger partial charge on any atom is -0.356 e. The number of nitrogens with one attached hydrogen (secondary N) is 2. The zero-order valence-electron chi connectivity index (χ0n) is 14.6. The van der Waals surface area contributed by atoms with E-state index in [0.717, 1.165) is 23.3 Å². The molecule has 27 heavy (non-hydrogen) atoms. The molecule has 0 radical (unpaired) electrons. The topological polar surface area (TPSA) is 79.6 Å². The molecular formula is C18H19F3N4O2. The Morgan fingerprint density at radius 2 is 1.63 bits per heavy atom. The van der Waals surface area contributed by atoms with E-state index in [1.165, 1.54) is 24.3 Å². The summed E-state index contributed by atoms with van der Waals surface area (Å²) in [6, 6.07) is 11.2. The molecule has 0 spiro atoms. The molecule has 2 rings (SSSR count). The van der Waals surface area contributed by atoms with Crippen molar-refractivity contribution in [2.24, 2.45) is 4.99 Å². The molecule has 0 atom stereocenters. The summed E-state index contributed by atoms with van der Waals surface area (Å²) in [5, 5.41) is 16.8. The van der Waals surface area contributed by atoms with Crippen molar-refractivity contribution in [3.8, 4) is 0 Å². The van der Waals surface area contributed by atoms with Gasteiger partial charge in [0.25, 0.3) is 5.69 Å². The molecule has 0 aliphatic carbocycles. The maximum Gasteiger partial charge on any atom is 0.416 e. The van der Waals surface area contributed by atoms with Crippen LogP contribution in [0.25, 0.3) is 0 Å². The minimum absolute atomic E-state index is 0.0257. The average Bonchev–Trinajstić information content (AvgIpc) is 2.64. The van der Waals surface area contributed by atoms with Gasteiger partial charge in [0.05, 0.1) is 10.5 Å². The lowest BCUT2D eigenvalue weighted by Gasteiger charge is -2.12. The third-order valence-electron chi connectivity index (χ3n) is 3.82. The first-order valence-electron chi connectivity index (χ1n) is 8.13. The lowest BCUT2D eigenvalue weighted by Crippen LogP contribution is -2.37. The summed E-state index contributed by atoms with van der Waals surface area (Å²) in [7, 11) is 1.60. The van der Waals surface area contributed by atoms with Crippen LogP contribution in [-0.4, -0.2) is 24.5 Å². The van der Waals surface area contributed by atoms with E-state index in [-0.39, 0.29) is 5.69 Å². The van der Waals surface area contributed by atoms with Gasteiger partial charge in [-0.25, -0.2) is 0 Å². The Kier molecular flexibility index (Phi) is 6.75. The quantitative estimate of drug-likeness (QED) is 0.348. The van der Waals surface area contributed by atoms with Crippen LogP contribution >= 0.6 is 0 Å². The lowest BCUT2D eigenvalue weighted by molar-refractivity contribution is -0.384. The predicted octanol–water partition coefficient (Wildman–Crippen LogP) is 3.52. The molecule has 0 aliphatic rings. The van der Waals surface area contributed by atoms with Crippen molar-refractivity contribution in [1.82, 2.24) is 10.6 Å². The first-order valence-corrected chi connectivity index (χ1v) is 8.13. The van der Waals surface area contributed by atoms with Crippen molar-refractivity contribution in [1.29, 1.82) is 0 Å². The van der Waals surface area contributed by atoms with E-state index in [0.29, 0.717) is 25.5 Å². The number of halogens is 3. The molecule has 0 amide bonds. The van der Waals surface area contributed by atoms with Crippen molar-refractivity contribution in [2.75, 3.05) is 13.6 Å². The molecule has 0 saturated heterocycles. The van der Waals surface area contributed by atoms with Gasteiger partial charge < -0.3 is 10.6 Å². The number of benzene rings is 2. The SMILES string of the molecule is CN=C(NCCc1ccc(C(F)(F)F)cc1)NCc1ccc([N+](=O)[O-])cc1. The Morgan fingerprint density at radius 1 is 1.04 bits per heavy atom. The van der Waals surface area contributed by atoms with E-state index in [2.05, 4.69) is 15.6 Å². The number of aliphatic imine (C=N–C) groups is 1. The van der Waals surface area contributed by atoms with Crippen LogP contribution in [0.1, 0.15) is 16.7 Å². The summed E-state index contributed by atoms with van der Waals surface area (Å²) in [6.07, 6.45) is -3.79. The van der Waals surface area contributed by atoms with Crippen molar-refractivity contribution >= 4 is 11.6 Å². The van der Waals surface area contributed by atoms with E-state index < -0.39 is 16.7 Å². The van der Waals surface area contributed by atoms with Crippen LogP contribution in [0, 0.1) is 10.1 Å². The summed E-state index contributed by atoms with van der Waals surface area (Å²) >= 11 is 0. The van der Waals surface area contributed by atoms with Crippen molar-refractivity contribution in [3.63, 3.8) is 0 Å². The smallest absolute Gasteiger partial charge is 0.356 e. The molecule has 2 aromatic carbocycles. The number of nitro groups is 1. The van der Waals surface area contributed by atoms with Crippen molar-refractivity contribution < 1.29 is 18.1 Å². The highest BCUT2D eigenvalue weighted by molar-refractivity contribution is 5.79. The van der Waals surface area contributed by atoms with Gasteiger partial charge in [-0.3, -0.25) is 15.1 Å². The van der Waals surface area contributed by atoms with E-state index >= 15 is 0 Å². The Labute approximate surface area is 154 Å². The zero-order chi connectivity index (χ0) is 19.9. The van der Waals surface area contributed by atoms with Crippen LogP contribution in [0.5, 0.6) is 0 Å². The molecule has 0 unspecified atom stereocenters. The molecule has 0 fully saturated rings. The van der Waals surface area contributed by atoms with Gasteiger partial charge in [-0.2, -0.15) is 13.2 Å².